The van der Waals surface area contributed by atoms with Gasteiger partial charge in [0.1, 0.15) is 6.04 Å². The highest BCUT2D eigenvalue weighted by molar-refractivity contribution is 7.92. The van der Waals surface area contributed by atoms with Crippen LogP contribution in [0, 0.1) is 13.8 Å². The molecule has 152 valence electrons. The van der Waals surface area contributed by atoms with E-state index in [9.17, 15) is 13.2 Å². The van der Waals surface area contributed by atoms with E-state index in [-0.39, 0.29) is 11.9 Å². The number of rotatable bonds is 7. The van der Waals surface area contributed by atoms with Crippen LogP contribution in [0.2, 0.25) is 0 Å². The summed E-state index contributed by atoms with van der Waals surface area (Å²) < 4.78 is 26.0. The predicted octanol–water partition coefficient (Wildman–Crippen LogP) is 3.90. The normalized spacial score (nSPS) is 13.6. The Hall–Kier alpha value is -2.34. The molecule has 0 radical (unpaired) electrons. The standard InChI is InChI=1S/C22H30N2O3S/c1-7-19-9-12-21(13-10-19)24(28(6,26)27)18(5)22(25)23-17(4)20-11-8-15(2)16(3)14-20/h8-14,17-18H,7H2,1-6H3,(H,23,25)/t17-,18+/m0/s1. The van der Waals surface area contributed by atoms with Gasteiger partial charge in [-0.15, -0.1) is 0 Å². The smallest absolute Gasteiger partial charge is 0.244 e. The third-order valence-electron chi connectivity index (χ3n) is 5.08. The Labute approximate surface area is 168 Å². The number of nitrogens with one attached hydrogen (secondary N) is 1. The monoisotopic (exact) mass is 402 g/mol. The molecule has 2 rings (SSSR count). The van der Waals surface area contributed by atoms with Crippen molar-refractivity contribution in [2.24, 2.45) is 0 Å². The van der Waals surface area contributed by atoms with Gasteiger partial charge in [0, 0.05) is 0 Å². The lowest BCUT2D eigenvalue weighted by atomic mass is 10.0. The van der Waals surface area contributed by atoms with Crippen LogP contribution >= 0.6 is 0 Å². The van der Waals surface area contributed by atoms with Gasteiger partial charge in [-0.2, -0.15) is 0 Å². The molecule has 1 N–H and O–H groups in total. The maximum absolute atomic E-state index is 12.8. The number of benzene rings is 2. The number of amides is 1. The van der Waals surface area contributed by atoms with Crippen molar-refractivity contribution in [3.63, 3.8) is 0 Å². The average molecular weight is 403 g/mol. The Kier molecular flexibility index (Phi) is 6.88. The lowest BCUT2D eigenvalue weighted by Gasteiger charge is -2.29. The van der Waals surface area contributed by atoms with Crippen molar-refractivity contribution >= 4 is 21.6 Å². The summed E-state index contributed by atoms with van der Waals surface area (Å²) in [4.78, 5) is 12.8. The zero-order valence-electron chi connectivity index (χ0n) is 17.5. The molecule has 5 nitrogen and oxygen atoms in total. The van der Waals surface area contributed by atoms with E-state index < -0.39 is 16.1 Å². The molecule has 0 fully saturated rings. The van der Waals surface area contributed by atoms with E-state index in [1.807, 2.05) is 58.0 Å². The molecular formula is C22H30N2O3S. The summed E-state index contributed by atoms with van der Waals surface area (Å²) in [6.07, 6.45) is 1.99. The number of anilines is 1. The van der Waals surface area contributed by atoms with Gasteiger partial charge in [-0.05, 0) is 68.5 Å². The van der Waals surface area contributed by atoms with E-state index in [4.69, 9.17) is 0 Å². The number of hydrogen-bond acceptors (Lipinski definition) is 3. The first-order valence-electron chi connectivity index (χ1n) is 9.50. The Bertz CT molecular complexity index is 937. The third kappa shape index (κ3) is 5.13. The van der Waals surface area contributed by atoms with Crippen LogP contribution in [0.5, 0.6) is 0 Å². The molecule has 0 aliphatic rings. The molecule has 1 amide bonds. The summed E-state index contributed by atoms with van der Waals surface area (Å²) in [5, 5.41) is 2.94. The Morgan fingerprint density at radius 2 is 1.64 bits per heavy atom. The molecule has 6 heteroatoms. The summed E-state index contributed by atoms with van der Waals surface area (Å²) in [6.45, 7) is 9.61. The zero-order chi connectivity index (χ0) is 21.1. The van der Waals surface area contributed by atoms with Crippen LogP contribution in [0.25, 0.3) is 0 Å². The summed E-state index contributed by atoms with van der Waals surface area (Å²) in [7, 11) is -3.62. The van der Waals surface area contributed by atoms with Gasteiger partial charge in [-0.25, -0.2) is 8.42 Å². The maximum atomic E-state index is 12.8. The third-order valence-corrected chi connectivity index (χ3v) is 6.32. The highest BCUT2D eigenvalue weighted by atomic mass is 32.2. The van der Waals surface area contributed by atoms with Crippen LogP contribution in [0.1, 0.15) is 49.1 Å². The highest BCUT2D eigenvalue weighted by Crippen LogP contribution is 2.23. The first-order valence-corrected chi connectivity index (χ1v) is 11.3. The second-order valence-corrected chi connectivity index (χ2v) is 9.19. The maximum Gasteiger partial charge on any atom is 0.244 e. The minimum Gasteiger partial charge on any atom is -0.348 e. The van der Waals surface area contributed by atoms with E-state index in [0.29, 0.717) is 5.69 Å². The molecule has 0 unspecified atom stereocenters. The van der Waals surface area contributed by atoms with E-state index in [1.165, 1.54) is 9.87 Å². The Morgan fingerprint density at radius 1 is 1.04 bits per heavy atom. The minimum atomic E-state index is -3.62. The molecule has 28 heavy (non-hydrogen) atoms. The van der Waals surface area contributed by atoms with Gasteiger partial charge < -0.3 is 5.32 Å². The average Bonchev–Trinajstić information content (AvgIpc) is 2.63. The summed E-state index contributed by atoms with van der Waals surface area (Å²) in [6, 6.07) is 12.2. The van der Waals surface area contributed by atoms with Crippen molar-refractivity contribution in [3.05, 3.63) is 64.7 Å². The van der Waals surface area contributed by atoms with Crippen molar-refractivity contribution in [1.29, 1.82) is 0 Å². The number of sulfonamides is 1. The summed E-state index contributed by atoms with van der Waals surface area (Å²) in [5.74, 6) is -0.337. The van der Waals surface area contributed by atoms with Crippen LogP contribution < -0.4 is 9.62 Å². The summed E-state index contributed by atoms with van der Waals surface area (Å²) in [5.41, 5.74) is 4.93. The fraction of sp³-hybridized carbons (Fsp3) is 0.409. The lowest BCUT2D eigenvalue weighted by Crippen LogP contribution is -2.48. The van der Waals surface area contributed by atoms with E-state index >= 15 is 0 Å². The van der Waals surface area contributed by atoms with Gasteiger partial charge in [0.2, 0.25) is 15.9 Å². The van der Waals surface area contributed by atoms with Crippen LogP contribution in [0.3, 0.4) is 0 Å². The number of carbonyl (C=O) groups is 1. The minimum absolute atomic E-state index is 0.224. The molecule has 0 aromatic heterocycles. The second-order valence-electron chi connectivity index (χ2n) is 7.33. The van der Waals surface area contributed by atoms with Crippen molar-refractivity contribution in [2.75, 3.05) is 10.6 Å². The van der Waals surface area contributed by atoms with Crippen molar-refractivity contribution in [2.45, 2.75) is 53.1 Å². The van der Waals surface area contributed by atoms with Gasteiger partial charge in [-0.3, -0.25) is 9.10 Å². The van der Waals surface area contributed by atoms with Crippen LogP contribution in [0.4, 0.5) is 5.69 Å². The van der Waals surface area contributed by atoms with Crippen LogP contribution in [-0.4, -0.2) is 26.6 Å². The molecule has 0 saturated carbocycles. The van der Waals surface area contributed by atoms with Gasteiger partial charge >= 0.3 is 0 Å². The lowest BCUT2D eigenvalue weighted by molar-refractivity contribution is -0.122. The molecule has 2 aromatic rings. The summed E-state index contributed by atoms with van der Waals surface area (Å²) >= 11 is 0. The first kappa shape index (κ1) is 22.0. The molecule has 0 saturated heterocycles. The predicted molar refractivity (Wildman–Crippen MR) is 115 cm³/mol. The fourth-order valence-electron chi connectivity index (χ4n) is 3.14. The topological polar surface area (TPSA) is 66.5 Å². The second kappa shape index (κ2) is 8.78. The molecule has 0 bridgehead atoms. The quantitative estimate of drug-likeness (QED) is 0.764. The van der Waals surface area contributed by atoms with E-state index in [1.54, 1.807) is 19.1 Å². The van der Waals surface area contributed by atoms with Crippen molar-refractivity contribution in [1.82, 2.24) is 5.32 Å². The Balaban J connectivity index is 2.24. The molecule has 0 spiro atoms. The van der Waals surface area contributed by atoms with Crippen LogP contribution in [0.15, 0.2) is 42.5 Å². The zero-order valence-corrected chi connectivity index (χ0v) is 18.3. The number of hydrogen-bond donors (Lipinski definition) is 1. The van der Waals surface area contributed by atoms with E-state index in [0.717, 1.165) is 29.4 Å². The van der Waals surface area contributed by atoms with Gasteiger partial charge in [0.05, 0.1) is 18.0 Å². The number of carbonyl (C=O) groups excluding carboxylic acids is 1. The van der Waals surface area contributed by atoms with Crippen LogP contribution in [-0.2, 0) is 21.2 Å². The molecule has 0 heterocycles. The molecule has 2 aromatic carbocycles. The van der Waals surface area contributed by atoms with E-state index in [2.05, 4.69) is 5.32 Å². The number of aryl methyl sites for hydroxylation is 3. The fourth-order valence-corrected chi connectivity index (χ4v) is 4.31. The molecule has 2 atom stereocenters. The van der Waals surface area contributed by atoms with Gasteiger partial charge in [-0.1, -0.05) is 37.3 Å². The molecule has 0 aliphatic heterocycles. The molecular weight excluding hydrogens is 372 g/mol. The SMILES string of the molecule is CCc1ccc(N([C@H](C)C(=O)N[C@@H](C)c2ccc(C)c(C)c2)S(C)(=O)=O)cc1. The number of nitrogens with zero attached hydrogens (tertiary/aromatic N) is 1. The largest absolute Gasteiger partial charge is 0.348 e. The van der Waals surface area contributed by atoms with Crippen molar-refractivity contribution < 1.29 is 13.2 Å². The molecule has 0 aliphatic carbocycles. The highest BCUT2D eigenvalue weighted by Gasteiger charge is 2.29. The van der Waals surface area contributed by atoms with Gasteiger partial charge in [0.15, 0.2) is 0 Å². The first-order chi connectivity index (χ1) is 13.0. The Morgan fingerprint density at radius 3 is 2.14 bits per heavy atom. The van der Waals surface area contributed by atoms with Crippen molar-refractivity contribution in [3.8, 4) is 0 Å². The van der Waals surface area contributed by atoms with Gasteiger partial charge in [0.25, 0.3) is 0 Å².